The number of nitrogens with zero attached hydrogens (tertiary/aromatic N) is 4. The van der Waals surface area contributed by atoms with Gasteiger partial charge >= 0.3 is 0 Å². The van der Waals surface area contributed by atoms with Gasteiger partial charge in [0, 0.05) is 32.2 Å². The summed E-state index contributed by atoms with van der Waals surface area (Å²) in [5.41, 5.74) is 1.23. The molecule has 0 saturated heterocycles. The van der Waals surface area contributed by atoms with Gasteiger partial charge in [0.2, 0.25) is 6.41 Å². The molecular formula is C20H27BrN4O3. The first-order valence-electron chi connectivity index (χ1n) is 9.22. The van der Waals surface area contributed by atoms with Gasteiger partial charge in [0.15, 0.2) is 11.5 Å². The van der Waals surface area contributed by atoms with E-state index in [4.69, 9.17) is 0 Å². The Bertz CT molecular complexity index is 835. The number of hydrogen-bond donors (Lipinski definition) is 1. The molecule has 1 atom stereocenters. The van der Waals surface area contributed by atoms with Crippen LogP contribution in [0.1, 0.15) is 54.2 Å². The predicted octanol–water partition coefficient (Wildman–Crippen LogP) is 3.21. The first-order chi connectivity index (χ1) is 13.3. The van der Waals surface area contributed by atoms with E-state index in [1.54, 1.807) is 25.7 Å². The molecule has 1 aromatic carbocycles. The van der Waals surface area contributed by atoms with Crippen LogP contribution in [0.4, 0.5) is 5.82 Å². The monoisotopic (exact) mass is 450 g/mol. The Morgan fingerprint density at radius 2 is 2.07 bits per heavy atom. The van der Waals surface area contributed by atoms with Crippen LogP contribution in [-0.4, -0.2) is 53.0 Å². The third-order valence-corrected chi connectivity index (χ3v) is 4.93. The Hall–Kier alpha value is -2.19. The number of hydrogen-bond acceptors (Lipinski definition) is 4. The minimum atomic E-state index is -0.824. The van der Waals surface area contributed by atoms with Gasteiger partial charge in [-0.25, -0.2) is 4.98 Å². The molecule has 0 saturated carbocycles. The number of rotatable bonds is 9. The predicted molar refractivity (Wildman–Crippen MR) is 112 cm³/mol. The molecule has 28 heavy (non-hydrogen) atoms. The quantitative estimate of drug-likeness (QED) is 0.594. The Balaban J connectivity index is 2.65. The fourth-order valence-corrected chi connectivity index (χ4v) is 3.38. The molecule has 0 bridgehead atoms. The molecule has 2 amide bonds. The summed E-state index contributed by atoms with van der Waals surface area (Å²) < 4.78 is 2.64. The highest BCUT2D eigenvalue weighted by atomic mass is 79.9. The van der Waals surface area contributed by atoms with Gasteiger partial charge in [0.25, 0.3) is 5.91 Å². The molecule has 7 nitrogen and oxygen atoms in total. The number of benzene rings is 1. The summed E-state index contributed by atoms with van der Waals surface area (Å²) >= 11 is 3.46. The van der Waals surface area contributed by atoms with E-state index < -0.39 is 6.10 Å². The van der Waals surface area contributed by atoms with E-state index in [-0.39, 0.29) is 17.4 Å². The molecule has 0 aliphatic heterocycles. The van der Waals surface area contributed by atoms with Crippen LogP contribution in [0.15, 0.2) is 28.7 Å². The van der Waals surface area contributed by atoms with Gasteiger partial charge < -0.3 is 19.5 Å². The van der Waals surface area contributed by atoms with Gasteiger partial charge in [-0.3, -0.25) is 9.59 Å². The molecule has 0 radical (unpaired) electrons. The lowest BCUT2D eigenvalue weighted by Gasteiger charge is -2.18. The number of aliphatic hydroxyl groups is 1. The molecule has 8 heteroatoms. The molecule has 0 spiro atoms. The van der Waals surface area contributed by atoms with Gasteiger partial charge in [0.1, 0.15) is 11.9 Å². The lowest BCUT2D eigenvalue weighted by Crippen LogP contribution is -2.28. The van der Waals surface area contributed by atoms with E-state index in [1.165, 1.54) is 9.80 Å². The van der Waals surface area contributed by atoms with Gasteiger partial charge in [-0.15, -0.1) is 0 Å². The smallest absolute Gasteiger partial charge is 0.273 e. The number of halogens is 1. The van der Waals surface area contributed by atoms with E-state index in [2.05, 4.69) is 20.9 Å². The molecule has 0 aliphatic carbocycles. The second-order valence-electron chi connectivity index (χ2n) is 6.93. The van der Waals surface area contributed by atoms with Crippen molar-refractivity contribution in [3.63, 3.8) is 0 Å². The first kappa shape index (κ1) is 22.1. The summed E-state index contributed by atoms with van der Waals surface area (Å²) in [6.45, 7) is 2.40. The van der Waals surface area contributed by atoms with E-state index in [0.29, 0.717) is 25.2 Å². The molecule has 2 rings (SSSR count). The van der Waals surface area contributed by atoms with E-state index in [0.717, 1.165) is 22.9 Å². The maximum absolute atomic E-state index is 12.9. The molecule has 1 aromatic heterocycles. The maximum atomic E-state index is 12.9. The van der Waals surface area contributed by atoms with Gasteiger partial charge in [0.05, 0.1) is 0 Å². The highest BCUT2D eigenvalue weighted by molar-refractivity contribution is 9.10. The number of unbranched alkanes of at least 4 members (excludes halogenated alkanes) is 1. The number of aliphatic hydroxyl groups excluding tert-OH is 1. The van der Waals surface area contributed by atoms with Crippen LogP contribution in [0.3, 0.4) is 0 Å². The average Bonchev–Trinajstić information content (AvgIpc) is 3.03. The Labute approximate surface area is 174 Å². The van der Waals surface area contributed by atoms with Crippen molar-refractivity contribution in [1.29, 1.82) is 0 Å². The highest BCUT2D eigenvalue weighted by Crippen LogP contribution is 2.29. The Kier molecular flexibility index (Phi) is 7.77. The van der Waals surface area contributed by atoms with Crippen molar-refractivity contribution in [2.24, 2.45) is 0 Å². The van der Waals surface area contributed by atoms with Crippen LogP contribution >= 0.6 is 15.9 Å². The number of aromatic nitrogens is 2. The molecule has 0 fully saturated rings. The van der Waals surface area contributed by atoms with Crippen molar-refractivity contribution < 1.29 is 14.7 Å². The summed E-state index contributed by atoms with van der Waals surface area (Å²) in [7, 11) is 4.85. The zero-order valence-corrected chi connectivity index (χ0v) is 18.3. The number of imidazole rings is 1. The van der Waals surface area contributed by atoms with E-state index in [1.807, 2.05) is 31.2 Å². The Morgan fingerprint density at radius 3 is 2.64 bits per heavy atom. The van der Waals surface area contributed by atoms with Crippen molar-refractivity contribution >= 4 is 34.1 Å². The molecule has 152 valence electrons. The number of carbonyl (C=O) groups is 2. The third kappa shape index (κ3) is 4.99. The van der Waals surface area contributed by atoms with Crippen molar-refractivity contribution in [3.05, 3.63) is 45.8 Å². The minimum Gasteiger partial charge on any atom is -0.385 e. The zero-order valence-electron chi connectivity index (χ0n) is 16.7. The molecule has 2 aromatic rings. The van der Waals surface area contributed by atoms with Crippen LogP contribution in [0.25, 0.3) is 0 Å². The molecule has 1 unspecified atom stereocenters. The second kappa shape index (κ2) is 9.84. The van der Waals surface area contributed by atoms with Gasteiger partial charge in [-0.05, 0) is 24.1 Å². The standard InChI is InChI=1S/C20H27BrN4O3/c1-5-6-10-16(27)18-22-19(24(4)13-26)17(20(28)23(2)3)25(18)12-14-8-7-9-15(21)11-14/h7-9,11,13,16,27H,5-6,10,12H2,1-4H3. The lowest BCUT2D eigenvalue weighted by molar-refractivity contribution is -0.107. The number of anilines is 1. The van der Waals surface area contributed by atoms with E-state index >= 15 is 0 Å². The summed E-state index contributed by atoms with van der Waals surface area (Å²) in [5.74, 6) is 0.358. The van der Waals surface area contributed by atoms with Crippen molar-refractivity contribution in [1.82, 2.24) is 14.5 Å². The maximum Gasteiger partial charge on any atom is 0.273 e. The molecule has 1 heterocycles. The fraction of sp³-hybridized carbons (Fsp3) is 0.450. The summed E-state index contributed by atoms with van der Waals surface area (Å²) in [6, 6.07) is 7.73. The summed E-state index contributed by atoms with van der Waals surface area (Å²) in [5, 5.41) is 10.8. The van der Waals surface area contributed by atoms with E-state index in [9.17, 15) is 14.7 Å². The van der Waals surface area contributed by atoms with Crippen LogP contribution in [-0.2, 0) is 11.3 Å². The number of carbonyl (C=O) groups excluding carboxylic acids is 2. The van der Waals surface area contributed by atoms with Crippen molar-refractivity contribution in [3.8, 4) is 0 Å². The fourth-order valence-electron chi connectivity index (χ4n) is 2.93. The largest absolute Gasteiger partial charge is 0.385 e. The summed E-state index contributed by atoms with van der Waals surface area (Å²) in [6.07, 6.45) is 2.09. The van der Waals surface area contributed by atoms with Gasteiger partial charge in [-0.2, -0.15) is 0 Å². The molecular weight excluding hydrogens is 424 g/mol. The SMILES string of the molecule is CCCCC(O)c1nc(N(C)C=O)c(C(=O)N(C)C)n1Cc1cccc(Br)c1. The Morgan fingerprint density at radius 1 is 1.36 bits per heavy atom. The average molecular weight is 451 g/mol. The van der Waals surface area contributed by atoms with Gasteiger partial charge in [-0.1, -0.05) is 47.8 Å². The first-order valence-corrected chi connectivity index (χ1v) is 10.0. The normalized spacial score (nSPS) is 11.9. The minimum absolute atomic E-state index is 0.245. The van der Waals surface area contributed by atoms with Crippen molar-refractivity contribution in [2.45, 2.75) is 38.8 Å². The van der Waals surface area contributed by atoms with Crippen molar-refractivity contribution in [2.75, 3.05) is 26.0 Å². The number of amides is 2. The van der Waals surface area contributed by atoms with Crippen LogP contribution in [0.5, 0.6) is 0 Å². The topological polar surface area (TPSA) is 78.7 Å². The molecule has 0 aliphatic rings. The molecule has 1 N–H and O–H groups in total. The highest BCUT2D eigenvalue weighted by Gasteiger charge is 2.29. The van der Waals surface area contributed by atoms with Crippen LogP contribution in [0, 0.1) is 0 Å². The summed E-state index contributed by atoms with van der Waals surface area (Å²) in [4.78, 5) is 31.6. The lowest BCUT2D eigenvalue weighted by atomic mass is 10.1. The second-order valence-corrected chi connectivity index (χ2v) is 7.85. The van der Waals surface area contributed by atoms with Crippen LogP contribution in [0.2, 0.25) is 0 Å². The third-order valence-electron chi connectivity index (χ3n) is 4.44. The van der Waals surface area contributed by atoms with Crippen LogP contribution < -0.4 is 4.90 Å². The zero-order chi connectivity index (χ0) is 20.8.